The number of carbonyl (C=O) groups is 2. The molecule has 1 aliphatic carbocycles. The molecule has 2 atom stereocenters. The lowest BCUT2D eigenvalue weighted by Gasteiger charge is -2.35. The van der Waals surface area contributed by atoms with Crippen LogP contribution in [0.2, 0.25) is 0 Å². The zero-order valence-corrected chi connectivity index (χ0v) is 20.2. The van der Waals surface area contributed by atoms with E-state index in [0.717, 1.165) is 47.8 Å². The summed E-state index contributed by atoms with van der Waals surface area (Å²) in [6, 6.07) is 3.66. The molecule has 0 amide bonds. The van der Waals surface area contributed by atoms with Crippen LogP contribution in [0.25, 0.3) is 0 Å². The number of nitrogens with zero attached hydrogens (tertiary/aromatic N) is 1. The molecule has 0 N–H and O–H groups in total. The lowest BCUT2D eigenvalue weighted by molar-refractivity contribution is -0.146. The predicted octanol–water partition coefficient (Wildman–Crippen LogP) is 5.38. The Morgan fingerprint density at radius 2 is 1.87 bits per heavy atom. The number of methoxy groups -OCH3 is 2. The van der Waals surface area contributed by atoms with E-state index in [1.807, 2.05) is 19.1 Å². The Bertz CT molecular complexity index is 921. The van der Waals surface area contributed by atoms with E-state index in [9.17, 15) is 9.59 Å². The summed E-state index contributed by atoms with van der Waals surface area (Å²) in [5.41, 5.74) is 2.89. The number of halogens is 1. The lowest BCUT2D eigenvalue weighted by Crippen LogP contribution is -2.37. The van der Waals surface area contributed by atoms with Crippen molar-refractivity contribution in [2.75, 3.05) is 20.8 Å². The Hall–Kier alpha value is -2.15. The van der Waals surface area contributed by atoms with Gasteiger partial charge in [0, 0.05) is 33.8 Å². The fourth-order valence-electron chi connectivity index (χ4n) is 4.37. The third kappa shape index (κ3) is 4.86. The molecule has 1 aliphatic heterocycles. The van der Waals surface area contributed by atoms with Gasteiger partial charge in [-0.15, -0.1) is 0 Å². The third-order valence-electron chi connectivity index (χ3n) is 5.92. The normalized spacial score (nSPS) is 20.8. The third-order valence-corrected chi connectivity index (χ3v) is 6.61. The van der Waals surface area contributed by atoms with Gasteiger partial charge in [0.05, 0.1) is 20.8 Å². The quantitative estimate of drug-likeness (QED) is 0.360. The van der Waals surface area contributed by atoms with Gasteiger partial charge in [0.25, 0.3) is 0 Å². The zero-order chi connectivity index (χ0) is 22.5. The highest BCUT2D eigenvalue weighted by Gasteiger charge is 2.44. The van der Waals surface area contributed by atoms with Crippen molar-refractivity contribution in [2.45, 2.75) is 58.3 Å². The van der Waals surface area contributed by atoms with Gasteiger partial charge in [0.1, 0.15) is 5.92 Å². The minimum Gasteiger partial charge on any atom is -0.493 e. The molecule has 1 aromatic rings. The summed E-state index contributed by atoms with van der Waals surface area (Å²) >= 11 is 3.63. The second-order valence-electron chi connectivity index (χ2n) is 7.95. The van der Waals surface area contributed by atoms with E-state index in [1.165, 1.54) is 0 Å². The molecule has 1 heterocycles. The van der Waals surface area contributed by atoms with Crippen molar-refractivity contribution in [3.8, 4) is 11.5 Å². The monoisotopic (exact) mass is 491 g/mol. The number of rotatable bonds is 8. The Balaban J connectivity index is 2.09. The molecule has 6 nitrogen and oxygen atoms in total. The first-order chi connectivity index (χ1) is 14.9. The number of esters is 1. The van der Waals surface area contributed by atoms with Gasteiger partial charge in [0.2, 0.25) is 0 Å². The van der Waals surface area contributed by atoms with E-state index < -0.39 is 11.8 Å². The van der Waals surface area contributed by atoms with E-state index in [-0.39, 0.29) is 11.8 Å². The van der Waals surface area contributed by atoms with Gasteiger partial charge in [-0.05, 0) is 43.9 Å². The topological polar surface area (TPSA) is 74.2 Å². The summed E-state index contributed by atoms with van der Waals surface area (Å²) in [5, 5.41) is 0. The first-order valence-corrected chi connectivity index (χ1v) is 11.6. The molecule has 168 valence electrons. The van der Waals surface area contributed by atoms with Gasteiger partial charge < -0.3 is 14.2 Å². The molecule has 1 unspecified atom stereocenters. The molecular formula is C24H30BrNO5. The van der Waals surface area contributed by atoms with E-state index >= 15 is 0 Å². The first-order valence-electron chi connectivity index (χ1n) is 10.8. The van der Waals surface area contributed by atoms with E-state index in [1.54, 1.807) is 14.2 Å². The number of aliphatic imine (C=N–C) groups is 1. The Kier molecular flexibility index (Phi) is 7.92. The summed E-state index contributed by atoms with van der Waals surface area (Å²) in [6.07, 6.45) is 4.85. The van der Waals surface area contributed by atoms with Crippen molar-refractivity contribution in [3.63, 3.8) is 0 Å². The molecule has 1 aromatic carbocycles. The van der Waals surface area contributed by atoms with Crippen molar-refractivity contribution in [1.29, 1.82) is 0 Å². The highest BCUT2D eigenvalue weighted by atomic mass is 79.9. The van der Waals surface area contributed by atoms with Crippen LogP contribution in [0.5, 0.6) is 11.5 Å². The van der Waals surface area contributed by atoms with Crippen LogP contribution in [-0.4, -0.2) is 38.3 Å². The highest BCUT2D eigenvalue weighted by molar-refractivity contribution is 9.10. The number of carbonyl (C=O) groups excluding carboxylic acids is 2. The fourth-order valence-corrected chi connectivity index (χ4v) is 4.94. The van der Waals surface area contributed by atoms with Gasteiger partial charge >= 0.3 is 5.97 Å². The van der Waals surface area contributed by atoms with Crippen molar-refractivity contribution >= 4 is 33.4 Å². The average molecular weight is 492 g/mol. The summed E-state index contributed by atoms with van der Waals surface area (Å²) in [7, 11) is 3.14. The van der Waals surface area contributed by atoms with Crippen LogP contribution in [0.1, 0.15) is 63.9 Å². The van der Waals surface area contributed by atoms with Gasteiger partial charge in [0.15, 0.2) is 17.3 Å². The second kappa shape index (κ2) is 10.4. The lowest BCUT2D eigenvalue weighted by atomic mass is 9.71. The molecule has 0 saturated carbocycles. The number of benzene rings is 1. The molecule has 0 spiro atoms. The Morgan fingerprint density at radius 3 is 2.55 bits per heavy atom. The van der Waals surface area contributed by atoms with Crippen molar-refractivity contribution < 1.29 is 23.8 Å². The molecule has 31 heavy (non-hydrogen) atoms. The van der Waals surface area contributed by atoms with Gasteiger partial charge in [-0.25, -0.2) is 0 Å². The second-order valence-corrected chi connectivity index (χ2v) is 8.80. The minimum absolute atomic E-state index is 0.0490. The molecule has 0 bridgehead atoms. The number of allylic oxidation sites excluding steroid dienone is 2. The number of hydrogen-bond donors (Lipinski definition) is 0. The van der Waals surface area contributed by atoms with Gasteiger partial charge in [-0.2, -0.15) is 0 Å². The summed E-state index contributed by atoms with van der Waals surface area (Å²) in [4.78, 5) is 30.9. The predicted molar refractivity (Wildman–Crippen MR) is 123 cm³/mol. The molecule has 0 radical (unpaired) electrons. The number of unbranched alkanes of at least 4 members (excludes halogenated alkanes) is 2. The maximum Gasteiger partial charge on any atom is 0.315 e. The van der Waals surface area contributed by atoms with E-state index in [2.05, 4.69) is 27.8 Å². The van der Waals surface area contributed by atoms with Crippen LogP contribution in [-0.2, 0) is 14.3 Å². The first kappa shape index (κ1) is 23.5. The van der Waals surface area contributed by atoms with E-state index in [0.29, 0.717) is 35.8 Å². The molecular weight excluding hydrogens is 462 g/mol. The smallest absolute Gasteiger partial charge is 0.315 e. The summed E-state index contributed by atoms with van der Waals surface area (Å²) in [6.45, 7) is 4.33. The molecule has 0 fully saturated rings. The summed E-state index contributed by atoms with van der Waals surface area (Å²) in [5.74, 6) is -0.310. The largest absolute Gasteiger partial charge is 0.493 e. The maximum atomic E-state index is 13.2. The fraction of sp³-hybridized carbons (Fsp3) is 0.542. The number of Topliss-reactive ketones (excluding diaryl/α,β-unsaturated/α-hetero) is 1. The van der Waals surface area contributed by atoms with Crippen LogP contribution in [0, 0.1) is 5.92 Å². The van der Waals surface area contributed by atoms with Crippen LogP contribution >= 0.6 is 15.9 Å². The Morgan fingerprint density at radius 1 is 1.16 bits per heavy atom. The van der Waals surface area contributed by atoms with Crippen molar-refractivity contribution in [3.05, 3.63) is 33.4 Å². The molecule has 0 saturated heterocycles. The van der Waals surface area contributed by atoms with Crippen LogP contribution in [0.3, 0.4) is 0 Å². The average Bonchev–Trinajstić information content (AvgIpc) is 2.75. The van der Waals surface area contributed by atoms with E-state index in [4.69, 9.17) is 14.2 Å². The minimum atomic E-state index is -0.656. The Labute approximate surface area is 192 Å². The number of ether oxygens (including phenoxy) is 3. The van der Waals surface area contributed by atoms with Crippen LogP contribution in [0.15, 0.2) is 32.9 Å². The maximum absolute atomic E-state index is 13.2. The number of ketones is 1. The van der Waals surface area contributed by atoms with Crippen LogP contribution in [0.4, 0.5) is 0 Å². The van der Waals surface area contributed by atoms with Gasteiger partial charge in [-0.1, -0.05) is 35.7 Å². The molecule has 2 aliphatic rings. The standard InChI is InChI=1S/C24H30BrNO5/c1-5-6-7-11-31-24(28)21-14(2)26-17-9-8-10-18(27)23(17)22(21)15-12-19(29-3)20(30-4)13-16(15)25/h12-13,21-22H,5-11H2,1-4H3/t21?,22-/m1/s1. The van der Waals surface area contributed by atoms with Gasteiger partial charge in [-0.3, -0.25) is 14.6 Å². The molecule has 7 heteroatoms. The van der Waals surface area contributed by atoms with Crippen molar-refractivity contribution in [1.82, 2.24) is 0 Å². The zero-order valence-electron chi connectivity index (χ0n) is 18.6. The molecule has 3 rings (SSSR count). The van der Waals surface area contributed by atoms with Crippen molar-refractivity contribution in [2.24, 2.45) is 10.9 Å². The SMILES string of the molecule is CCCCCOC(=O)C1C(C)=NC2=C(C(=O)CCC2)[C@@H]1c1cc(OC)c(OC)cc1Br. The highest BCUT2D eigenvalue weighted by Crippen LogP contribution is 2.47. The number of hydrogen-bond acceptors (Lipinski definition) is 6. The molecule has 0 aromatic heterocycles. The van der Waals surface area contributed by atoms with Crippen LogP contribution < -0.4 is 9.47 Å². The summed E-state index contributed by atoms with van der Waals surface area (Å²) < 4.78 is 17.3.